The minimum atomic E-state index is -0.570. The number of benzene rings is 2. The minimum absolute atomic E-state index is 0.00427. The van der Waals surface area contributed by atoms with Gasteiger partial charge in [0.25, 0.3) is 11.6 Å². The van der Waals surface area contributed by atoms with Gasteiger partial charge in [-0.15, -0.1) is 0 Å². The van der Waals surface area contributed by atoms with Gasteiger partial charge in [0.15, 0.2) is 10.9 Å². The Kier molecular flexibility index (Phi) is 6.31. The molecule has 2 aromatic carbocycles. The molecule has 0 spiro atoms. The number of halogens is 2. The number of hydrogen-bond acceptors (Lipinski definition) is 5. The molecule has 1 aromatic heterocycles. The number of amides is 1. The molecular formula is C19H13BrClN3O4S. The first-order valence-electron chi connectivity index (χ1n) is 8.17. The van der Waals surface area contributed by atoms with Gasteiger partial charge in [-0.25, -0.2) is 0 Å². The molecule has 0 bridgehead atoms. The lowest BCUT2D eigenvalue weighted by Crippen LogP contribution is -2.34. The van der Waals surface area contributed by atoms with Gasteiger partial charge in [0.05, 0.1) is 4.92 Å². The van der Waals surface area contributed by atoms with Crippen LogP contribution in [0.5, 0.6) is 0 Å². The van der Waals surface area contributed by atoms with Crippen LogP contribution in [-0.2, 0) is 0 Å². The number of aryl methyl sites for hydroxylation is 1. The lowest BCUT2D eigenvalue weighted by molar-refractivity contribution is -0.384. The third-order valence-electron chi connectivity index (χ3n) is 3.92. The second-order valence-corrected chi connectivity index (χ2v) is 7.69. The van der Waals surface area contributed by atoms with E-state index in [9.17, 15) is 14.9 Å². The van der Waals surface area contributed by atoms with Crippen LogP contribution in [0.1, 0.15) is 16.1 Å². The van der Waals surface area contributed by atoms with Gasteiger partial charge < -0.3 is 9.73 Å². The molecule has 1 heterocycles. The zero-order valence-electron chi connectivity index (χ0n) is 14.9. The Morgan fingerprint density at radius 3 is 2.55 bits per heavy atom. The van der Waals surface area contributed by atoms with Gasteiger partial charge in [-0.1, -0.05) is 39.7 Å². The number of furan rings is 1. The standard InChI is InChI=1S/C19H13BrClN3O4S/c1-10-8-15(24(26)27)13(21)9-14(10)22-19(29)23-18(25)17-7-6-16(28-17)11-2-4-12(20)5-3-11/h2-9H,1H3,(H2,22,23,25,29). The summed E-state index contributed by atoms with van der Waals surface area (Å²) in [7, 11) is 0. The molecule has 0 saturated carbocycles. The largest absolute Gasteiger partial charge is 0.451 e. The van der Waals surface area contributed by atoms with Crippen molar-refractivity contribution in [1.29, 1.82) is 0 Å². The smallest absolute Gasteiger partial charge is 0.293 e. The molecule has 0 atom stereocenters. The molecule has 0 radical (unpaired) electrons. The van der Waals surface area contributed by atoms with E-state index in [-0.39, 0.29) is 21.6 Å². The second-order valence-electron chi connectivity index (χ2n) is 5.95. The number of thiocarbonyl (C=S) groups is 1. The van der Waals surface area contributed by atoms with Crippen LogP contribution in [0.25, 0.3) is 11.3 Å². The molecular weight excluding hydrogens is 482 g/mol. The maximum absolute atomic E-state index is 12.4. The van der Waals surface area contributed by atoms with E-state index in [0.29, 0.717) is 17.0 Å². The third-order valence-corrected chi connectivity index (χ3v) is 4.96. The number of nitro benzene ring substituents is 1. The van der Waals surface area contributed by atoms with Crippen LogP contribution < -0.4 is 10.6 Å². The summed E-state index contributed by atoms with van der Waals surface area (Å²) in [6.45, 7) is 1.66. The topological polar surface area (TPSA) is 97.4 Å². The van der Waals surface area contributed by atoms with Crippen molar-refractivity contribution in [3.63, 3.8) is 0 Å². The maximum Gasteiger partial charge on any atom is 0.293 e. The predicted molar refractivity (Wildman–Crippen MR) is 118 cm³/mol. The van der Waals surface area contributed by atoms with Crippen molar-refractivity contribution < 1.29 is 14.1 Å². The summed E-state index contributed by atoms with van der Waals surface area (Å²) < 4.78 is 6.53. The van der Waals surface area contributed by atoms with Gasteiger partial charge in [-0.3, -0.25) is 20.2 Å². The molecule has 29 heavy (non-hydrogen) atoms. The van der Waals surface area contributed by atoms with Gasteiger partial charge in [-0.2, -0.15) is 0 Å². The second kappa shape index (κ2) is 8.73. The normalized spacial score (nSPS) is 10.4. The SMILES string of the molecule is Cc1cc([N+](=O)[O-])c(Cl)cc1NC(=S)NC(=O)c1ccc(-c2ccc(Br)cc2)o1. The molecule has 0 aliphatic rings. The number of carbonyl (C=O) groups is 1. The van der Waals surface area contributed by atoms with Crippen LogP contribution in [0, 0.1) is 17.0 Å². The monoisotopic (exact) mass is 493 g/mol. The first-order valence-corrected chi connectivity index (χ1v) is 9.75. The van der Waals surface area contributed by atoms with Crippen molar-refractivity contribution in [2.24, 2.45) is 0 Å². The van der Waals surface area contributed by atoms with E-state index in [1.54, 1.807) is 19.1 Å². The van der Waals surface area contributed by atoms with Gasteiger partial charge in [0, 0.05) is 21.8 Å². The highest BCUT2D eigenvalue weighted by Crippen LogP contribution is 2.30. The Balaban J connectivity index is 1.68. The molecule has 148 valence electrons. The number of nitro groups is 1. The van der Waals surface area contributed by atoms with Crippen LogP contribution in [0.4, 0.5) is 11.4 Å². The highest BCUT2D eigenvalue weighted by Gasteiger charge is 2.17. The highest BCUT2D eigenvalue weighted by molar-refractivity contribution is 9.10. The van der Waals surface area contributed by atoms with Crippen molar-refractivity contribution >= 4 is 62.1 Å². The fourth-order valence-corrected chi connectivity index (χ4v) is 3.19. The van der Waals surface area contributed by atoms with Crippen molar-refractivity contribution in [3.8, 4) is 11.3 Å². The average Bonchev–Trinajstić information content (AvgIpc) is 3.15. The van der Waals surface area contributed by atoms with Gasteiger partial charge in [0.2, 0.25) is 0 Å². The molecule has 0 aliphatic heterocycles. The Bertz CT molecular complexity index is 1120. The molecule has 2 N–H and O–H groups in total. The van der Waals surface area contributed by atoms with Crippen molar-refractivity contribution in [3.05, 3.63) is 79.5 Å². The molecule has 1 amide bonds. The number of carbonyl (C=O) groups excluding carboxylic acids is 1. The summed E-state index contributed by atoms with van der Waals surface area (Å²) in [5, 5.41) is 16.2. The fraction of sp³-hybridized carbons (Fsp3) is 0.0526. The minimum Gasteiger partial charge on any atom is -0.451 e. The summed E-state index contributed by atoms with van der Waals surface area (Å²) >= 11 is 14.4. The molecule has 3 aromatic rings. The Morgan fingerprint density at radius 1 is 1.21 bits per heavy atom. The molecule has 3 rings (SSSR count). The van der Waals surface area contributed by atoms with E-state index in [0.717, 1.165) is 10.0 Å². The van der Waals surface area contributed by atoms with Gasteiger partial charge >= 0.3 is 0 Å². The van der Waals surface area contributed by atoms with E-state index in [1.165, 1.54) is 12.1 Å². The van der Waals surface area contributed by atoms with Crippen LogP contribution in [-0.4, -0.2) is 15.9 Å². The Labute approximate surface area is 184 Å². The van der Waals surface area contributed by atoms with Gasteiger partial charge in [-0.05, 0) is 55.0 Å². The molecule has 0 aliphatic carbocycles. The van der Waals surface area contributed by atoms with Crippen LogP contribution in [0.15, 0.2) is 57.4 Å². The van der Waals surface area contributed by atoms with Crippen molar-refractivity contribution in [2.75, 3.05) is 5.32 Å². The van der Waals surface area contributed by atoms with Crippen molar-refractivity contribution in [2.45, 2.75) is 6.92 Å². The van der Waals surface area contributed by atoms with E-state index in [4.69, 9.17) is 28.2 Å². The molecule has 10 heteroatoms. The fourth-order valence-electron chi connectivity index (χ4n) is 2.49. The Morgan fingerprint density at radius 2 is 1.90 bits per heavy atom. The molecule has 0 saturated heterocycles. The zero-order chi connectivity index (χ0) is 21.1. The van der Waals surface area contributed by atoms with Crippen molar-refractivity contribution in [1.82, 2.24) is 5.32 Å². The third kappa shape index (κ3) is 5.00. The summed E-state index contributed by atoms with van der Waals surface area (Å²) in [5.74, 6) is 0.0987. The lowest BCUT2D eigenvalue weighted by Gasteiger charge is -2.11. The molecule has 0 unspecified atom stereocenters. The molecule has 0 fully saturated rings. The number of rotatable bonds is 4. The summed E-state index contributed by atoms with van der Waals surface area (Å²) in [6.07, 6.45) is 0. The lowest BCUT2D eigenvalue weighted by atomic mass is 10.2. The van der Waals surface area contributed by atoms with E-state index < -0.39 is 10.8 Å². The zero-order valence-corrected chi connectivity index (χ0v) is 18.0. The quantitative estimate of drug-likeness (QED) is 0.274. The highest BCUT2D eigenvalue weighted by atomic mass is 79.9. The summed E-state index contributed by atoms with van der Waals surface area (Å²) in [5.41, 5.74) is 1.61. The number of anilines is 1. The average molecular weight is 495 g/mol. The van der Waals surface area contributed by atoms with Gasteiger partial charge in [0.1, 0.15) is 10.8 Å². The number of hydrogen-bond donors (Lipinski definition) is 2. The summed E-state index contributed by atoms with van der Waals surface area (Å²) in [6, 6.07) is 13.4. The number of nitrogens with zero attached hydrogens (tertiary/aromatic N) is 1. The van der Waals surface area contributed by atoms with E-state index in [1.807, 2.05) is 24.3 Å². The molecule has 7 nitrogen and oxygen atoms in total. The van der Waals surface area contributed by atoms with Crippen LogP contribution in [0.3, 0.4) is 0 Å². The summed E-state index contributed by atoms with van der Waals surface area (Å²) in [4.78, 5) is 22.7. The maximum atomic E-state index is 12.4. The first kappa shape index (κ1) is 21.0. The first-order chi connectivity index (χ1) is 13.7. The van der Waals surface area contributed by atoms with E-state index >= 15 is 0 Å². The van der Waals surface area contributed by atoms with Crippen LogP contribution >= 0.6 is 39.7 Å². The van der Waals surface area contributed by atoms with Crippen LogP contribution in [0.2, 0.25) is 5.02 Å². The Hall–Kier alpha value is -2.75. The predicted octanol–water partition coefficient (Wildman–Crippen LogP) is 5.71. The number of nitrogens with one attached hydrogen (secondary N) is 2. The van der Waals surface area contributed by atoms with E-state index in [2.05, 4.69) is 26.6 Å².